The molecular formula is C14H14N2. The fourth-order valence-corrected chi connectivity index (χ4v) is 1.56. The lowest BCUT2D eigenvalue weighted by atomic mass is 10.2. The van der Waals surface area contributed by atoms with E-state index in [0.29, 0.717) is 0 Å². The topological polar surface area (TPSA) is 15.6 Å². The SMILES string of the molecule is CN(Cc1ccccc1)C1=C=CC=NC=C1. The summed E-state index contributed by atoms with van der Waals surface area (Å²) in [5.74, 6) is 0. The first-order valence-electron chi connectivity index (χ1n) is 5.26. The molecule has 0 spiro atoms. The van der Waals surface area contributed by atoms with Gasteiger partial charge in [-0.15, -0.1) is 0 Å². The molecule has 0 atom stereocenters. The van der Waals surface area contributed by atoms with E-state index < -0.39 is 0 Å². The monoisotopic (exact) mass is 210 g/mol. The highest BCUT2D eigenvalue weighted by Gasteiger charge is 2.01. The van der Waals surface area contributed by atoms with Gasteiger partial charge in [-0.3, -0.25) is 4.99 Å². The maximum Gasteiger partial charge on any atom is 0.0816 e. The van der Waals surface area contributed by atoms with Gasteiger partial charge in [0.05, 0.1) is 5.70 Å². The molecule has 2 nitrogen and oxygen atoms in total. The van der Waals surface area contributed by atoms with Crippen molar-refractivity contribution in [3.05, 3.63) is 65.7 Å². The molecule has 80 valence electrons. The van der Waals surface area contributed by atoms with Crippen LogP contribution in [-0.2, 0) is 6.54 Å². The minimum absolute atomic E-state index is 0.876. The van der Waals surface area contributed by atoms with Gasteiger partial charge in [0.25, 0.3) is 0 Å². The highest BCUT2D eigenvalue weighted by Crippen LogP contribution is 2.09. The molecule has 0 unspecified atom stereocenters. The lowest BCUT2D eigenvalue weighted by molar-refractivity contribution is 0.425. The van der Waals surface area contributed by atoms with Crippen LogP contribution in [0.4, 0.5) is 0 Å². The Balaban J connectivity index is 2.09. The van der Waals surface area contributed by atoms with Crippen molar-refractivity contribution in [2.45, 2.75) is 6.54 Å². The third-order valence-corrected chi connectivity index (χ3v) is 2.38. The van der Waals surface area contributed by atoms with E-state index in [9.17, 15) is 0 Å². The highest BCUT2D eigenvalue weighted by molar-refractivity contribution is 5.72. The van der Waals surface area contributed by atoms with Crippen LogP contribution in [-0.4, -0.2) is 18.2 Å². The van der Waals surface area contributed by atoms with Crippen LogP contribution in [0.1, 0.15) is 5.56 Å². The summed E-state index contributed by atoms with van der Waals surface area (Å²) in [7, 11) is 2.05. The molecule has 1 aromatic rings. The van der Waals surface area contributed by atoms with Gasteiger partial charge in [0, 0.05) is 32.1 Å². The van der Waals surface area contributed by atoms with Gasteiger partial charge < -0.3 is 4.90 Å². The first kappa shape index (κ1) is 10.5. The van der Waals surface area contributed by atoms with E-state index in [1.54, 1.807) is 12.4 Å². The van der Waals surface area contributed by atoms with Gasteiger partial charge in [0.15, 0.2) is 0 Å². The number of rotatable bonds is 3. The summed E-state index contributed by atoms with van der Waals surface area (Å²) in [5.41, 5.74) is 5.52. The van der Waals surface area contributed by atoms with Crippen LogP contribution < -0.4 is 0 Å². The predicted octanol–water partition coefficient (Wildman–Crippen LogP) is 2.76. The molecule has 0 aliphatic carbocycles. The van der Waals surface area contributed by atoms with Crippen LogP contribution >= 0.6 is 0 Å². The van der Waals surface area contributed by atoms with Crippen molar-refractivity contribution in [2.75, 3.05) is 7.05 Å². The van der Waals surface area contributed by atoms with E-state index in [-0.39, 0.29) is 0 Å². The summed E-state index contributed by atoms with van der Waals surface area (Å²) in [5, 5.41) is 0. The lowest BCUT2D eigenvalue weighted by Gasteiger charge is -2.18. The zero-order valence-corrected chi connectivity index (χ0v) is 9.30. The van der Waals surface area contributed by atoms with Crippen LogP contribution in [0.25, 0.3) is 0 Å². The van der Waals surface area contributed by atoms with Crippen molar-refractivity contribution < 1.29 is 0 Å². The van der Waals surface area contributed by atoms with E-state index in [4.69, 9.17) is 0 Å². The normalized spacial score (nSPS) is 13.4. The van der Waals surface area contributed by atoms with Gasteiger partial charge >= 0.3 is 0 Å². The summed E-state index contributed by atoms with van der Waals surface area (Å²) in [6.45, 7) is 0.876. The second-order valence-corrected chi connectivity index (χ2v) is 3.65. The molecule has 1 aromatic carbocycles. The van der Waals surface area contributed by atoms with Gasteiger partial charge in [-0.25, -0.2) is 0 Å². The number of allylic oxidation sites excluding steroid dienone is 1. The van der Waals surface area contributed by atoms with Crippen molar-refractivity contribution in [3.63, 3.8) is 0 Å². The largest absolute Gasteiger partial charge is 0.364 e. The molecule has 1 aliphatic rings. The average molecular weight is 210 g/mol. The number of nitrogens with zero attached hydrogens (tertiary/aromatic N) is 2. The summed E-state index contributed by atoms with van der Waals surface area (Å²) in [6, 6.07) is 10.4. The second kappa shape index (κ2) is 5.15. The molecule has 1 aliphatic heterocycles. The molecule has 16 heavy (non-hydrogen) atoms. The molecule has 0 saturated heterocycles. The van der Waals surface area contributed by atoms with Gasteiger partial charge in [-0.1, -0.05) is 36.1 Å². The minimum atomic E-state index is 0.876. The van der Waals surface area contributed by atoms with E-state index in [0.717, 1.165) is 12.2 Å². The van der Waals surface area contributed by atoms with Crippen LogP contribution in [0.2, 0.25) is 0 Å². The molecule has 2 heteroatoms. The van der Waals surface area contributed by atoms with E-state index in [2.05, 4.69) is 46.9 Å². The highest BCUT2D eigenvalue weighted by atomic mass is 15.1. The number of hydrogen-bond acceptors (Lipinski definition) is 2. The number of aliphatic imine (C=N–C) groups is 1. The molecule has 0 bridgehead atoms. The smallest absolute Gasteiger partial charge is 0.0816 e. The Bertz CT molecular complexity index is 463. The Labute approximate surface area is 95.9 Å². The van der Waals surface area contributed by atoms with Gasteiger partial charge in [-0.05, 0) is 11.6 Å². The first-order valence-corrected chi connectivity index (χ1v) is 5.26. The Morgan fingerprint density at radius 2 is 2.06 bits per heavy atom. The molecule has 2 rings (SSSR count). The summed E-state index contributed by atoms with van der Waals surface area (Å²) in [6.07, 6.45) is 7.31. The maximum absolute atomic E-state index is 4.04. The number of benzene rings is 1. The lowest BCUT2D eigenvalue weighted by Crippen LogP contribution is -2.15. The first-order chi connectivity index (χ1) is 7.86. The average Bonchev–Trinajstić information content (AvgIpc) is 2.59. The van der Waals surface area contributed by atoms with E-state index >= 15 is 0 Å². The Kier molecular flexibility index (Phi) is 3.37. The van der Waals surface area contributed by atoms with Gasteiger partial charge in [0.2, 0.25) is 0 Å². The molecule has 0 saturated carbocycles. The molecule has 0 aromatic heterocycles. The summed E-state index contributed by atoms with van der Waals surface area (Å²) >= 11 is 0. The quantitative estimate of drug-likeness (QED) is 0.700. The van der Waals surface area contributed by atoms with Crippen LogP contribution in [0, 0.1) is 0 Å². The van der Waals surface area contributed by atoms with E-state index in [1.165, 1.54) is 5.56 Å². The Morgan fingerprint density at radius 3 is 2.88 bits per heavy atom. The Morgan fingerprint density at radius 1 is 1.25 bits per heavy atom. The molecule has 0 fully saturated rings. The van der Waals surface area contributed by atoms with E-state index in [1.807, 2.05) is 18.2 Å². The molecule has 0 amide bonds. The van der Waals surface area contributed by atoms with Gasteiger partial charge in [0.1, 0.15) is 0 Å². The Hall–Kier alpha value is -2.05. The molecule has 1 heterocycles. The minimum Gasteiger partial charge on any atom is -0.364 e. The van der Waals surface area contributed by atoms with Crippen LogP contribution in [0.15, 0.2) is 65.1 Å². The number of likely N-dealkylation sites (N-methyl/N-ethyl adjacent to an activating group) is 1. The molecular weight excluding hydrogens is 196 g/mol. The van der Waals surface area contributed by atoms with Crippen molar-refractivity contribution in [2.24, 2.45) is 4.99 Å². The molecule has 0 N–H and O–H groups in total. The van der Waals surface area contributed by atoms with Crippen molar-refractivity contribution in [1.82, 2.24) is 4.90 Å². The fraction of sp³-hybridized carbons (Fsp3) is 0.143. The third-order valence-electron chi connectivity index (χ3n) is 2.38. The number of hydrogen-bond donors (Lipinski definition) is 0. The maximum atomic E-state index is 4.04. The zero-order valence-electron chi connectivity index (χ0n) is 9.30. The fourth-order valence-electron chi connectivity index (χ4n) is 1.56. The predicted molar refractivity (Wildman–Crippen MR) is 67.1 cm³/mol. The third kappa shape index (κ3) is 2.72. The zero-order chi connectivity index (χ0) is 11.2. The van der Waals surface area contributed by atoms with Crippen LogP contribution in [0.5, 0.6) is 0 Å². The summed E-state index contributed by atoms with van der Waals surface area (Å²) < 4.78 is 0. The second-order valence-electron chi connectivity index (χ2n) is 3.65. The van der Waals surface area contributed by atoms with Crippen molar-refractivity contribution in [1.29, 1.82) is 0 Å². The standard InChI is InChI=1S/C14H14N2/c1-16(12-13-6-3-2-4-7-13)14-8-5-10-15-11-9-14/h2-7,9-11H,12H2,1H3. The van der Waals surface area contributed by atoms with Crippen molar-refractivity contribution in [3.8, 4) is 0 Å². The molecule has 0 radical (unpaired) electrons. The van der Waals surface area contributed by atoms with Crippen molar-refractivity contribution >= 4 is 6.21 Å². The van der Waals surface area contributed by atoms with Crippen LogP contribution in [0.3, 0.4) is 0 Å². The van der Waals surface area contributed by atoms with Gasteiger partial charge in [-0.2, -0.15) is 0 Å². The summed E-state index contributed by atoms with van der Waals surface area (Å²) in [4.78, 5) is 6.19.